The molecule has 0 saturated heterocycles. The lowest BCUT2D eigenvalue weighted by molar-refractivity contribution is -0.137. The van der Waals surface area contributed by atoms with Crippen LogP contribution in [0.3, 0.4) is 0 Å². The van der Waals surface area contributed by atoms with E-state index in [1.165, 1.54) is 6.07 Å². The van der Waals surface area contributed by atoms with Crippen LogP contribution in [-0.2, 0) is 12.2 Å². The smallest absolute Gasteiger partial charge is 0.416 e. The zero-order valence-corrected chi connectivity index (χ0v) is 12.8. The Kier molecular flexibility index (Phi) is 4.85. The van der Waals surface area contributed by atoms with Gasteiger partial charge in [-0.05, 0) is 28.8 Å². The van der Waals surface area contributed by atoms with Gasteiger partial charge in [0.2, 0.25) is 0 Å². The number of hydrogen-bond donors (Lipinski definition) is 1. The van der Waals surface area contributed by atoms with Crippen LogP contribution in [0.15, 0.2) is 24.3 Å². The number of alkyl halides is 3. The molecule has 1 N–H and O–H groups in total. The van der Waals surface area contributed by atoms with Gasteiger partial charge >= 0.3 is 6.18 Å². The normalized spacial score (nSPS) is 13.4. The van der Waals surface area contributed by atoms with E-state index >= 15 is 0 Å². The highest BCUT2D eigenvalue weighted by atomic mass is 28.4. The highest BCUT2D eigenvalue weighted by molar-refractivity contribution is 6.74. The van der Waals surface area contributed by atoms with Crippen molar-refractivity contribution in [3.63, 3.8) is 0 Å². The van der Waals surface area contributed by atoms with Gasteiger partial charge in [0.15, 0.2) is 8.32 Å². The minimum Gasteiger partial charge on any atom is -0.431 e. The van der Waals surface area contributed by atoms with Crippen LogP contribution in [0.2, 0.25) is 11.1 Å². The summed E-state index contributed by atoms with van der Waals surface area (Å²) in [6.45, 7) is 7.78. The first-order valence-corrected chi connectivity index (χ1v) is 8.76. The van der Waals surface area contributed by atoms with Crippen molar-refractivity contribution in [2.45, 2.75) is 51.0 Å². The summed E-state index contributed by atoms with van der Waals surface area (Å²) >= 11 is 0. The van der Waals surface area contributed by atoms with Gasteiger partial charge < -0.3 is 4.80 Å². The van der Waals surface area contributed by atoms with Crippen LogP contribution in [-0.4, -0.2) is 13.1 Å². The number of hydrogen-bond acceptors (Lipinski definition) is 1. The number of halogens is 3. The lowest BCUT2D eigenvalue weighted by Crippen LogP contribution is -2.44. The summed E-state index contributed by atoms with van der Waals surface area (Å²) in [4.78, 5) is 10.8. The van der Waals surface area contributed by atoms with Crippen molar-refractivity contribution in [1.29, 1.82) is 0 Å². The van der Waals surface area contributed by atoms with Crippen molar-refractivity contribution in [2.24, 2.45) is 0 Å². The van der Waals surface area contributed by atoms with Gasteiger partial charge in [0.1, 0.15) is 0 Å². The maximum atomic E-state index is 12.7. The van der Waals surface area contributed by atoms with E-state index in [1.807, 2.05) is 27.7 Å². The first kappa shape index (κ1) is 16.2. The van der Waals surface area contributed by atoms with Crippen LogP contribution in [0.4, 0.5) is 13.2 Å². The Hall–Kier alpha value is -0.813. The Morgan fingerprint density at radius 1 is 1.11 bits per heavy atom. The second-order valence-corrected chi connectivity index (χ2v) is 10.3. The molecule has 1 aromatic carbocycles. The molecular formula is C14H21F3OSi. The summed E-state index contributed by atoms with van der Waals surface area (Å²) in [5.74, 6) is 0. The van der Waals surface area contributed by atoms with E-state index in [9.17, 15) is 18.0 Å². The monoisotopic (exact) mass is 290 g/mol. The predicted molar refractivity (Wildman–Crippen MR) is 73.3 cm³/mol. The van der Waals surface area contributed by atoms with E-state index in [2.05, 4.69) is 0 Å². The first-order chi connectivity index (χ1) is 8.57. The Labute approximate surface area is 113 Å². The molecular weight excluding hydrogens is 269 g/mol. The van der Waals surface area contributed by atoms with E-state index in [1.54, 1.807) is 6.07 Å². The Bertz CT molecular complexity index is 419. The fraction of sp³-hybridized carbons (Fsp3) is 0.571. The molecule has 0 aromatic heterocycles. The zero-order valence-electron chi connectivity index (χ0n) is 11.8. The predicted octanol–water partition coefficient (Wildman–Crippen LogP) is 4.54. The molecule has 0 saturated carbocycles. The summed E-state index contributed by atoms with van der Waals surface area (Å²) in [5.41, 5.74) is 0.157. The van der Waals surface area contributed by atoms with Crippen molar-refractivity contribution in [3.8, 4) is 0 Å². The average Bonchev–Trinajstić information content (AvgIpc) is 2.27. The third-order valence-corrected chi connectivity index (χ3v) is 8.71. The highest BCUT2D eigenvalue weighted by Crippen LogP contribution is 2.34. The lowest BCUT2D eigenvalue weighted by atomic mass is 10.1. The summed E-state index contributed by atoms with van der Waals surface area (Å²) in [6, 6.07) is 5.66. The molecule has 0 radical (unpaired) electrons. The molecule has 0 spiro atoms. The van der Waals surface area contributed by atoms with E-state index < -0.39 is 20.1 Å². The van der Waals surface area contributed by atoms with Crippen LogP contribution in [0, 0.1) is 0 Å². The van der Waals surface area contributed by atoms with Crippen molar-refractivity contribution in [2.75, 3.05) is 0 Å². The van der Waals surface area contributed by atoms with E-state index in [0.29, 0.717) is 11.6 Å². The van der Waals surface area contributed by atoms with E-state index in [-0.39, 0.29) is 11.1 Å². The van der Waals surface area contributed by atoms with Gasteiger partial charge in [-0.1, -0.05) is 45.9 Å². The maximum Gasteiger partial charge on any atom is 0.416 e. The second kappa shape index (κ2) is 5.67. The van der Waals surface area contributed by atoms with Crippen molar-refractivity contribution >= 4 is 8.32 Å². The summed E-state index contributed by atoms with van der Waals surface area (Å²) in [5, 5.41) is 0. The molecule has 1 aromatic rings. The fourth-order valence-corrected chi connectivity index (χ4v) is 5.28. The summed E-state index contributed by atoms with van der Waals surface area (Å²) in [6.07, 6.45) is -4.33. The summed E-state index contributed by atoms with van der Waals surface area (Å²) < 4.78 is 38.0. The molecule has 0 atom stereocenters. The Morgan fingerprint density at radius 2 is 1.63 bits per heavy atom. The standard InChI is InChI=1S/C14H21F3OSi/c1-10(2)19(18,11(3)4)9-12-6-5-7-13(8-12)14(15,16)17/h5-8,10-11,18H,9H2,1-4H3. The summed E-state index contributed by atoms with van der Waals surface area (Å²) in [7, 11) is -2.59. The van der Waals surface area contributed by atoms with Crippen molar-refractivity contribution < 1.29 is 18.0 Å². The SMILES string of the molecule is CC(C)[Si](O)(Cc1cccc(C(F)(F)F)c1)C(C)C. The Balaban J connectivity index is 3.05. The van der Waals surface area contributed by atoms with Crippen molar-refractivity contribution in [1.82, 2.24) is 0 Å². The molecule has 0 unspecified atom stereocenters. The minimum atomic E-state index is -4.33. The molecule has 0 aliphatic heterocycles. The zero-order chi connectivity index (χ0) is 14.8. The molecule has 0 fully saturated rings. The molecule has 0 aliphatic rings. The van der Waals surface area contributed by atoms with Crippen LogP contribution >= 0.6 is 0 Å². The quantitative estimate of drug-likeness (QED) is 0.807. The van der Waals surface area contributed by atoms with Crippen LogP contribution < -0.4 is 0 Å². The van der Waals surface area contributed by atoms with Gasteiger partial charge in [0.05, 0.1) is 5.56 Å². The third-order valence-electron chi connectivity index (χ3n) is 3.74. The maximum absolute atomic E-state index is 12.7. The molecule has 108 valence electrons. The molecule has 0 bridgehead atoms. The van der Waals surface area contributed by atoms with Crippen LogP contribution in [0.1, 0.15) is 38.8 Å². The second-order valence-electron chi connectivity index (χ2n) is 5.68. The fourth-order valence-electron chi connectivity index (χ4n) is 2.26. The molecule has 19 heavy (non-hydrogen) atoms. The van der Waals surface area contributed by atoms with Crippen LogP contribution in [0.5, 0.6) is 0 Å². The van der Waals surface area contributed by atoms with Gasteiger partial charge in [0.25, 0.3) is 0 Å². The molecule has 0 amide bonds. The third kappa shape index (κ3) is 3.83. The molecule has 0 heterocycles. The number of benzene rings is 1. The largest absolute Gasteiger partial charge is 0.431 e. The van der Waals surface area contributed by atoms with Gasteiger partial charge in [-0.15, -0.1) is 0 Å². The van der Waals surface area contributed by atoms with Gasteiger partial charge in [-0.2, -0.15) is 13.2 Å². The van der Waals surface area contributed by atoms with Crippen LogP contribution in [0.25, 0.3) is 0 Å². The molecule has 1 nitrogen and oxygen atoms in total. The van der Waals surface area contributed by atoms with Crippen molar-refractivity contribution in [3.05, 3.63) is 35.4 Å². The average molecular weight is 290 g/mol. The lowest BCUT2D eigenvalue weighted by Gasteiger charge is -2.33. The topological polar surface area (TPSA) is 20.2 Å². The molecule has 1 rings (SSSR count). The highest BCUT2D eigenvalue weighted by Gasteiger charge is 2.39. The number of rotatable bonds is 4. The molecule has 0 aliphatic carbocycles. The van der Waals surface area contributed by atoms with E-state index in [4.69, 9.17) is 0 Å². The Morgan fingerprint density at radius 3 is 2.05 bits per heavy atom. The minimum absolute atomic E-state index is 0.113. The first-order valence-electron chi connectivity index (χ1n) is 6.46. The van der Waals surface area contributed by atoms with Gasteiger partial charge in [-0.25, -0.2) is 0 Å². The van der Waals surface area contributed by atoms with E-state index in [0.717, 1.165) is 12.1 Å². The van der Waals surface area contributed by atoms with Gasteiger partial charge in [-0.3, -0.25) is 0 Å². The molecule has 5 heteroatoms. The van der Waals surface area contributed by atoms with Gasteiger partial charge in [0, 0.05) is 0 Å².